The van der Waals surface area contributed by atoms with Crippen molar-refractivity contribution < 1.29 is 9.53 Å². The maximum Gasteiger partial charge on any atom is 0.266 e. The second-order valence-corrected chi connectivity index (χ2v) is 6.81. The Kier molecular flexibility index (Phi) is 5.49. The molecule has 7 heteroatoms. The molecular weight excluding hydrogens is 429 g/mol. The van der Waals surface area contributed by atoms with Gasteiger partial charge in [0.1, 0.15) is 4.88 Å². The Balaban J connectivity index is 2.33. The molecule has 1 heterocycles. The predicted molar refractivity (Wildman–Crippen MR) is 90.3 cm³/mol. The summed E-state index contributed by atoms with van der Waals surface area (Å²) < 4.78 is 7.01. The number of thiophene rings is 1. The van der Waals surface area contributed by atoms with Crippen molar-refractivity contribution in [1.82, 2.24) is 0 Å². The molecule has 0 radical (unpaired) electrons. The summed E-state index contributed by atoms with van der Waals surface area (Å²) in [6.07, 6.45) is 0. The molecule has 0 aliphatic heterocycles. The smallest absolute Gasteiger partial charge is 0.266 e. The summed E-state index contributed by atoms with van der Waals surface area (Å²) in [4.78, 5) is 12.8. The first-order valence-electron chi connectivity index (χ1n) is 5.69. The van der Waals surface area contributed by atoms with Gasteiger partial charge in [-0.1, -0.05) is 11.6 Å². The average molecular weight is 440 g/mol. The Bertz CT molecular complexity index is 645. The van der Waals surface area contributed by atoms with E-state index < -0.39 is 0 Å². The van der Waals surface area contributed by atoms with Gasteiger partial charge in [0.15, 0.2) is 5.75 Å². The minimum absolute atomic E-state index is 0.206. The fourth-order valence-corrected chi connectivity index (χ4v) is 3.95. The van der Waals surface area contributed by atoms with Crippen molar-refractivity contribution in [2.75, 3.05) is 11.9 Å². The van der Waals surface area contributed by atoms with Gasteiger partial charge in [0.2, 0.25) is 0 Å². The normalized spacial score (nSPS) is 10.4. The molecule has 2 aromatic rings. The lowest BCUT2D eigenvalue weighted by molar-refractivity contribution is 0.102. The third kappa shape index (κ3) is 3.55. The Morgan fingerprint density at radius 1 is 1.40 bits per heavy atom. The van der Waals surface area contributed by atoms with Gasteiger partial charge < -0.3 is 10.1 Å². The van der Waals surface area contributed by atoms with Gasteiger partial charge in [-0.3, -0.25) is 4.79 Å². The molecule has 3 nitrogen and oxygen atoms in total. The molecule has 0 spiro atoms. The standard InChI is InChI=1S/C13H10Br2ClNO2S/c1-2-19-11-9(15)5-7(16)6-10(11)17-13(18)12-8(14)3-4-20-12/h3-6H,2H2,1H3,(H,17,18). The number of halogens is 3. The van der Waals surface area contributed by atoms with Crippen molar-refractivity contribution in [3.05, 3.63) is 42.4 Å². The zero-order chi connectivity index (χ0) is 14.7. The molecule has 0 saturated heterocycles. The number of rotatable bonds is 4. The molecule has 0 bridgehead atoms. The molecule has 20 heavy (non-hydrogen) atoms. The second-order valence-electron chi connectivity index (χ2n) is 3.75. The zero-order valence-electron chi connectivity index (χ0n) is 10.4. The molecule has 0 unspecified atom stereocenters. The highest BCUT2D eigenvalue weighted by Gasteiger charge is 2.16. The van der Waals surface area contributed by atoms with E-state index in [4.69, 9.17) is 16.3 Å². The van der Waals surface area contributed by atoms with E-state index in [0.717, 1.165) is 4.47 Å². The Hall–Kier alpha value is -0.560. The van der Waals surface area contributed by atoms with Crippen LogP contribution in [0, 0.1) is 0 Å². The monoisotopic (exact) mass is 437 g/mol. The van der Waals surface area contributed by atoms with Crippen molar-refractivity contribution in [3.8, 4) is 5.75 Å². The van der Waals surface area contributed by atoms with Crippen molar-refractivity contribution in [3.63, 3.8) is 0 Å². The Labute approximate surface area is 142 Å². The summed E-state index contributed by atoms with van der Waals surface area (Å²) in [6.45, 7) is 2.37. The van der Waals surface area contributed by atoms with E-state index >= 15 is 0 Å². The van der Waals surface area contributed by atoms with E-state index in [9.17, 15) is 4.79 Å². The van der Waals surface area contributed by atoms with Crippen LogP contribution >= 0.6 is 54.8 Å². The quantitative estimate of drug-likeness (QED) is 0.676. The number of carbonyl (C=O) groups is 1. The number of carbonyl (C=O) groups excluding carboxylic acids is 1. The molecule has 106 valence electrons. The molecule has 0 aliphatic rings. The molecule has 1 aromatic carbocycles. The highest BCUT2D eigenvalue weighted by Crippen LogP contribution is 2.37. The topological polar surface area (TPSA) is 38.3 Å². The van der Waals surface area contributed by atoms with Crippen LogP contribution in [0.2, 0.25) is 5.02 Å². The minimum atomic E-state index is -0.206. The van der Waals surface area contributed by atoms with Crippen LogP contribution in [0.15, 0.2) is 32.5 Å². The van der Waals surface area contributed by atoms with Crippen molar-refractivity contribution in [2.45, 2.75) is 6.92 Å². The Morgan fingerprint density at radius 3 is 2.75 bits per heavy atom. The highest BCUT2D eigenvalue weighted by molar-refractivity contribution is 9.11. The van der Waals surface area contributed by atoms with Gasteiger partial charge >= 0.3 is 0 Å². The first-order chi connectivity index (χ1) is 9.52. The lowest BCUT2D eigenvalue weighted by atomic mass is 10.3. The lowest BCUT2D eigenvalue weighted by Gasteiger charge is -2.13. The highest BCUT2D eigenvalue weighted by atomic mass is 79.9. The van der Waals surface area contributed by atoms with Crippen LogP contribution in [0.5, 0.6) is 5.75 Å². The molecule has 0 fully saturated rings. The van der Waals surface area contributed by atoms with Crippen LogP contribution < -0.4 is 10.1 Å². The number of hydrogen-bond acceptors (Lipinski definition) is 3. The maximum atomic E-state index is 12.2. The van der Waals surface area contributed by atoms with E-state index in [1.807, 2.05) is 18.4 Å². The average Bonchev–Trinajstić information content (AvgIpc) is 2.80. The summed E-state index contributed by atoms with van der Waals surface area (Å²) in [6, 6.07) is 5.22. The second kappa shape index (κ2) is 6.93. The van der Waals surface area contributed by atoms with Crippen LogP contribution in [0.1, 0.15) is 16.6 Å². The molecule has 0 saturated carbocycles. The lowest BCUT2D eigenvalue weighted by Crippen LogP contribution is -2.12. The van der Waals surface area contributed by atoms with E-state index in [-0.39, 0.29) is 5.91 Å². The van der Waals surface area contributed by atoms with E-state index in [1.54, 1.807) is 12.1 Å². The summed E-state index contributed by atoms with van der Waals surface area (Å²) in [5, 5.41) is 5.18. The van der Waals surface area contributed by atoms with E-state index in [1.165, 1.54) is 11.3 Å². The summed E-state index contributed by atoms with van der Waals surface area (Å²) in [7, 11) is 0. The first kappa shape index (κ1) is 15.8. The van der Waals surface area contributed by atoms with Crippen LogP contribution in [0.3, 0.4) is 0 Å². The maximum absolute atomic E-state index is 12.2. The number of benzene rings is 1. The van der Waals surface area contributed by atoms with Gasteiger partial charge in [-0.15, -0.1) is 11.3 Å². The molecule has 2 rings (SSSR count). The largest absolute Gasteiger partial charge is 0.491 e. The van der Waals surface area contributed by atoms with Crippen molar-refractivity contribution >= 4 is 66.4 Å². The number of ether oxygens (including phenoxy) is 1. The van der Waals surface area contributed by atoms with Gasteiger partial charge in [-0.2, -0.15) is 0 Å². The van der Waals surface area contributed by atoms with Crippen LogP contribution in [0.4, 0.5) is 5.69 Å². The molecule has 0 atom stereocenters. The van der Waals surface area contributed by atoms with E-state index in [2.05, 4.69) is 37.2 Å². The third-order valence-corrected chi connectivity index (χ3v) is 5.01. The minimum Gasteiger partial charge on any atom is -0.491 e. The fraction of sp³-hybridized carbons (Fsp3) is 0.154. The molecule has 1 aromatic heterocycles. The third-order valence-electron chi connectivity index (χ3n) is 2.37. The van der Waals surface area contributed by atoms with Crippen LogP contribution in [-0.4, -0.2) is 12.5 Å². The van der Waals surface area contributed by atoms with Crippen molar-refractivity contribution in [2.24, 2.45) is 0 Å². The summed E-state index contributed by atoms with van der Waals surface area (Å²) in [5.74, 6) is 0.361. The number of anilines is 1. The first-order valence-corrected chi connectivity index (χ1v) is 8.53. The molecular formula is C13H10Br2ClNO2S. The number of amides is 1. The SMILES string of the molecule is CCOc1c(Br)cc(Cl)cc1NC(=O)c1sccc1Br. The van der Waals surface area contributed by atoms with Crippen LogP contribution in [-0.2, 0) is 0 Å². The fourth-order valence-electron chi connectivity index (χ4n) is 1.58. The molecule has 0 aliphatic carbocycles. The van der Waals surface area contributed by atoms with Gasteiger partial charge in [0.25, 0.3) is 5.91 Å². The zero-order valence-corrected chi connectivity index (χ0v) is 15.1. The van der Waals surface area contributed by atoms with E-state index in [0.29, 0.717) is 32.4 Å². The molecule has 1 amide bonds. The van der Waals surface area contributed by atoms with Crippen molar-refractivity contribution in [1.29, 1.82) is 0 Å². The van der Waals surface area contributed by atoms with Gasteiger partial charge in [0, 0.05) is 9.50 Å². The summed E-state index contributed by atoms with van der Waals surface area (Å²) >= 11 is 14.1. The Morgan fingerprint density at radius 2 is 2.15 bits per heavy atom. The number of hydrogen-bond donors (Lipinski definition) is 1. The molecule has 1 N–H and O–H groups in total. The summed E-state index contributed by atoms with van der Waals surface area (Å²) in [5.41, 5.74) is 0.538. The number of nitrogens with one attached hydrogen (secondary N) is 1. The van der Waals surface area contributed by atoms with Gasteiger partial charge in [0.05, 0.1) is 16.8 Å². The predicted octanol–water partition coefficient (Wildman–Crippen LogP) is 5.58. The van der Waals surface area contributed by atoms with Gasteiger partial charge in [-0.25, -0.2) is 0 Å². The van der Waals surface area contributed by atoms with Gasteiger partial charge in [-0.05, 0) is 62.4 Å². The van der Waals surface area contributed by atoms with Crippen LogP contribution in [0.25, 0.3) is 0 Å².